The predicted octanol–water partition coefficient (Wildman–Crippen LogP) is 2.90. The summed E-state index contributed by atoms with van der Waals surface area (Å²) in [5.41, 5.74) is 6.01. The fourth-order valence-corrected chi connectivity index (χ4v) is 1.57. The van der Waals surface area contributed by atoms with Crippen LogP contribution in [0, 0.1) is 11.2 Å². The van der Waals surface area contributed by atoms with Gasteiger partial charge in [-0.3, -0.25) is 4.79 Å². The number of carbonyl (C=O) groups excluding carboxylic acids is 1. The lowest BCUT2D eigenvalue weighted by molar-refractivity contribution is -0.119. The number of amides is 1. The molecule has 0 spiro atoms. The van der Waals surface area contributed by atoms with Gasteiger partial charge >= 0.3 is 0 Å². The van der Waals surface area contributed by atoms with Crippen LogP contribution in [0.3, 0.4) is 0 Å². The number of anilines is 1. The lowest BCUT2D eigenvalue weighted by Crippen LogP contribution is -2.45. The number of hydrogen-bond donors (Lipinski definition) is 2. The van der Waals surface area contributed by atoms with Crippen molar-refractivity contribution in [2.45, 2.75) is 26.8 Å². The Morgan fingerprint density at radius 1 is 1.47 bits per heavy atom. The highest BCUT2D eigenvalue weighted by Crippen LogP contribution is 2.22. The smallest absolute Gasteiger partial charge is 0.241 e. The van der Waals surface area contributed by atoms with Gasteiger partial charge in [0.25, 0.3) is 0 Å². The molecule has 1 amide bonds. The number of hydrogen-bond acceptors (Lipinski definition) is 2. The van der Waals surface area contributed by atoms with Crippen LogP contribution in [0.1, 0.15) is 20.8 Å². The van der Waals surface area contributed by atoms with Gasteiger partial charge in [-0.15, -0.1) is 0 Å². The molecule has 1 aromatic rings. The Balaban J connectivity index is 2.78. The highest BCUT2D eigenvalue weighted by Gasteiger charge is 2.27. The van der Waals surface area contributed by atoms with Gasteiger partial charge in [-0.25, -0.2) is 4.39 Å². The summed E-state index contributed by atoms with van der Waals surface area (Å²) in [7, 11) is 0. The van der Waals surface area contributed by atoms with Crippen LogP contribution in [0.5, 0.6) is 0 Å². The van der Waals surface area contributed by atoms with Crippen molar-refractivity contribution in [2.24, 2.45) is 11.1 Å². The van der Waals surface area contributed by atoms with Gasteiger partial charge in [-0.2, -0.15) is 0 Å². The molecule has 17 heavy (non-hydrogen) atoms. The largest absolute Gasteiger partial charge is 0.325 e. The molecule has 0 saturated heterocycles. The molecule has 0 aromatic heterocycles. The zero-order valence-electron chi connectivity index (χ0n) is 10.1. The molecule has 0 fully saturated rings. The second-order valence-corrected chi connectivity index (χ2v) is 5.82. The Labute approximate surface area is 109 Å². The van der Waals surface area contributed by atoms with Gasteiger partial charge in [-0.1, -0.05) is 20.8 Å². The predicted molar refractivity (Wildman–Crippen MR) is 70.2 cm³/mol. The SMILES string of the molecule is CC(C)(C)C(N)C(=O)Nc1ccc(F)c(Br)c1. The van der Waals surface area contributed by atoms with Gasteiger partial charge in [-0.05, 0) is 39.5 Å². The molecule has 0 radical (unpaired) electrons. The summed E-state index contributed by atoms with van der Waals surface area (Å²) in [6.07, 6.45) is 0. The van der Waals surface area contributed by atoms with Gasteiger partial charge in [0, 0.05) is 5.69 Å². The third-order valence-electron chi connectivity index (χ3n) is 2.40. The Morgan fingerprint density at radius 3 is 2.53 bits per heavy atom. The van der Waals surface area contributed by atoms with Gasteiger partial charge in [0.15, 0.2) is 0 Å². The van der Waals surface area contributed by atoms with Crippen molar-refractivity contribution in [1.29, 1.82) is 0 Å². The molecular formula is C12H16BrFN2O. The van der Waals surface area contributed by atoms with E-state index >= 15 is 0 Å². The van der Waals surface area contributed by atoms with Gasteiger partial charge in [0.1, 0.15) is 5.82 Å². The number of carbonyl (C=O) groups is 1. The molecule has 0 heterocycles. The molecule has 0 bridgehead atoms. The van der Waals surface area contributed by atoms with E-state index in [1.807, 2.05) is 20.8 Å². The zero-order chi connectivity index (χ0) is 13.2. The van der Waals surface area contributed by atoms with Crippen molar-refractivity contribution in [3.8, 4) is 0 Å². The Kier molecular flexibility index (Phi) is 4.27. The minimum Gasteiger partial charge on any atom is -0.325 e. The van der Waals surface area contributed by atoms with E-state index in [2.05, 4.69) is 21.2 Å². The van der Waals surface area contributed by atoms with Crippen LogP contribution in [0.25, 0.3) is 0 Å². The molecule has 1 atom stereocenters. The highest BCUT2D eigenvalue weighted by atomic mass is 79.9. The summed E-state index contributed by atoms with van der Waals surface area (Å²) in [6.45, 7) is 5.66. The van der Waals surface area contributed by atoms with E-state index in [-0.39, 0.29) is 17.1 Å². The van der Waals surface area contributed by atoms with Gasteiger partial charge in [0.2, 0.25) is 5.91 Å². The number of nitrogens with one attached hydrogen (secondary N) is 1. The average Bonchev–Trinajstić information content (AvgIpc) is 2.21. The topological polar surface area (TPSA) is 55.1 Å². The molecule has 94 valence electrons. The number of nitrogens with two attached hydrogens (primary N) is 1. The maximum atomic E-state index is 13.0. The first-order valence-electron chi connectivity index (χ1n) is 5.23. The van der Waals surface area contributed by atoms with E-state index in [0.717, 1.165) is 0 Å². The molecule has 1 aromatic carbocycles. The first kappa shape index (κ1) is 14.1. The van der Waals surface area contributed by atoms with E-state index < -0.39 is 6.04 Å². The molecule has 0 aliphatic heterocycles. The lowest BCUT2D eigenvalue weighted by atomic mass is 9.87. The lowest BCUT2D eigenvalue weighted by Gasteiger charge is -2.25. The molecular weight excluding hydrogens is 287 g/mol. The minimum absolute atomic E-state index is 0.281. The molecule has 0 aliphatic rings. The van der Waals surface area contributed by atoms with E-state index in [9.17, 15) is 9.18 Å². The van der Waals surface area contributed by atoms with Crippen LogP contribution in [0.2, 0.25) is 0 Å². The maximum absolute atomic E-state index is 13.0. The second-order valence-electron chi connectivity index (χ2n) is 4.96. The Hall–Kier alpha value is -0.940. The monoisotopic (exact) mass is 302 g/mol. The van der Waals surface area contributed by atoms with Gasteiger partial charge in [0.05, 0.1) is 10.5 Å². The van der Waals surface area contributed by atoms with Crippen LogP contribution in [-0.4, -0.2) is 11.9 Å². The average molecular weight is 303 g/mol. The van der Waals surface area contributed by atoms with Crippen LogP contribution >= 0.6 is 15.9 Å². The van der Waals surface area contributed by atoms with E-state index in [0.29, 0.717) is 10.2 Å². The third-order valence-corrected chi connectivity index (χ3v) is 3.01. The van der Waals surface area contributed by atoms with Crippen molar-refractivity contribution in [1.82, 2.24) is 0 Å². The second kappa shape index (κ2) is 5.14. The molecule has 0 aliphatic carbocycles. The van der Waals surface area contributed by atoms with E-state index in [1.54, 1.807) is 0 Å². The summed E-state index contributed by atoms with van der Waals surface area (Å²) >= 11 is 3.05. The van der Waals surface area contributed by atoms with Crippen molar-refractivity contribution in [2.75, 3.05) is 5.32 Å². The van der Waals surface area contributed by atoms with Crippen molar-refractivity contribution >= 4 is 27.5 Å². The first-order valence-corrected chi connectivity index (χ1v) is 6.02. The Bertz CT molecular complexity index is 429. The van der Waals surface area contributed by atoms with Crippen LogP contribution < -0.4 is 11.1 Å². The van der Waals surface area contributed by atoms with Crippen LogP contribution in [-0.2, 0) is 4.79 Å². The number of halogens is 2. The summed E-state index contributed by atoms with van der Waals surface area (Å²) in [4.78, 5) is 11.8. The fourth-order valence-electron chi connectivity index (χ4n) is 1.19. The van der Waals surface area contributed by atoms with Crippen molar-refractivity contribution < 1.29 is 9.18 Å². The molecule has 3 nitrogen and oxygen atoms in total. The standard InChI is InChI=1S/C12H16BrFN2O/c1-12(2,3)10(15)11(17)16-7-4-5-9(14)8(13)6-7/h4-6,10H,15H2,1-3H3,(H,16,17). The first-order chi connectivity index (χ1) is 7.71. The van der Waals surface area contributed by atoms with Crippen molar-refractivity contribution in [3.05, 3.63) is 28.5 Å². The zero-order valence-corrected chi connectivity index (χ0v) is 11.6. The molecule has 0 saturated carbocycles. The van der Waals surface area contributed by atoms with E-state index in [4.69, 9.17) is 5.73 Å². The Morgan fingerprint density at radius 2 is 2.06 bits per heavy atom. The quantitative estimate of drug-likeness (QED) is 0.882. The van der Waals surface area contributed by atoms with E-state index in [1.165, 1.54) is 18.2 Å². The summed E-state index contributed by atoms with van der Waals surface area (Å²) in [5.74, 6) is -0.654. The summed E-state index contributed by atoms with van der Waals surface area (Å²) in [6, 6.07) is 3.66. The minimum atomic E-state index is -0.619. The number of rotatable bonds is 2. The summed E-state index contributed by atoms with van der Waals surface area (Å²) in [5, 5.41) is 2.66. The molecule has 5 heteroatoms. The highest BCUT2D eigenvalue weighted by molar-refractivity contribution is 9.10. The van der Waals surface area contributed by atoms with Gasteiger partial charge < -0.3 is 11.1 Å². The van der Waals surface area contributed by atoms with Crippen LogP contribution in [0.15, 0.2) is 22.7 Å². The maximum Gasteiger partial charge on any atom is 0.241 e. The molecule has 3 N–H and O–H groups in total. The normalized spacial score (nSPS) is 13.3. The van der Waals surface area contributed by atoms with Crippen LogP contribution in [0.4, 0.5) is 10.1 Å². The van der Waals surface area contributed by atoms with Crippen molar-refractivity contribution in [3.63, 3.8) is 0 Å². The number of benzene rings is 1. The summed E-state index contributed by atoms with van der Waals surface area (Å²) < 4.78 is 13.3. The third kappa shape index (κ3) is 3.78. The molecule has 1 unspecified atom stereocenters. The fraction of sp³-hybridized carbons (Fsp3) is 0.417. The molecule has 1 rings (SSSR count).